The van der Waals surface area contributed by atoms with E-state index < -0.39 is 10.1 Å². The second-order valence-electron chi connectivity index (χ2n) is 7.39. The van der Waals surface area contributed by atoms with E-state index in [2.05, 4.69) is 5.32 Å². The lowest BCUT2D eigenvalue weighted by Crippen LogP contribution is -2.36. The molecule has 3 rings (SSSR count). The molecule has 0 bridgehead atoms. The lowest BCUT2D eigenvalue weighted by atomic mass is 10.1. The van der Waals surface area contributed by atoms with E-state index in [1.165, 1.54) is 43.5 Å². The molecule has 2 amide bonds. The average Bonchev–Trinajstić information content (AvgIpc) is 3.26. The van der Waals surface area contributed by atoms with Crippen LogP contribution in [0.15, 0.2) is 76.2 Å². The third-order valence-corrected chi connectivity index (χ3v) is 5.80. The summed E-state index contributed by atoms with van der Waals surface area (Å²) in [6, 6.07) is 15.4. The van der Waals surface area contributed by atoms with Gasteiger partial charge in [0.15, 0.2) is 5.76 Å². The van der Waals surface area contributed by atoms with Gasteiger partial charge in [0.25, 0.3) is 5.91 Å². The number of furan rings is 1. The van der Waals surface area contributed by atoms with Crippen LogP contribution in [0.3, 0.4) is 0 Å². The number of nitrogens with one attached hydrogen (secondary N) is 1. The van der Waals surface area contributed by atoms with Gasteiger partial charge in [-0.15, -0.1) is 0 Å². The van der Waals surface area contributed by atoms with Crippen molar-refractivity contribution in [3.63, 3.8) is 0 Å². The van der Waals surface area contributed by atoms with Crippen LogP contribution in [0.4, 0.5) is 5.69 Å². The van der Waals surface area contributed by atoms with Crippen LogP contribution in [-0.4, -0.2) is 31.2 Å². The highest BCUT2D eigenvalue weighted by atomic mass is 32.2. The monoisotopic (exact) mass is 456 g/mol. The fraction of sp³-hybridized carbons (Fsp3) is 0.217. The van der Waals surface area contributed by atoms with E-state index in [-0.39, 0.29) is 40.8 Å². The highest BCUT2D eigenvalue weighted by Gasteiger charge is 2.22. The SMILES string of the molecule is CC(=O)Nc1ccc(S(=O)(=O)Oc2cccc(CN(C(=O)c3ccco3)C(C)C)c2)cc1. The molecule has 0 aliphatic rings. The highest BCUT2D eigenvalue weighted by Crippen LogP contribution is 2.23. The molecule has 168 valence electrons. The van der Waals surface area contributed by atoms with Gasteiger partial charge in [0.1, 0.15) is 10.6 Å². The number of nitrogens with zero attached hydrogens (tertiary/aromatic N) is 1. The van der Waals surface area contributed by atoms with Gasteiger partial charge < -0.3 is 18.8 Å². The van der Waals surface area contributed by atoms with E-state index >= 15 is 0 Å². The molecule has 0 spiro atoms. The summed E-state index contributed by atoms with van der Waals surface area (Å²) in [5, 5.41) is 2.57. The molecule has 0 aliphatic carbocycles. The third-order valence-electron chi connectivity index (χ3n) is 4.54. The van der Waals surface area contributed by atoms with E-state index in [9.17, 15) is 18.0 Å². The maximum absolute atomic E-state index is 12.7. The van der Waals surface area contributed by atoms with Crippen LogP contribution in [0.1, 0.15) is 36.9 Å². The summed E-state index contributed by atoms with van der Waals surface area (Å²) in [6.07, 6.45) is 1.44. The Morgan fingerprint density at radius 1 is 1.06 bits per heavy atom. The Morgan fingerprint density at radius 3 is 2.38 bits per heavy atom. The summed E-state index contributed by atoms with van der Waals surface area (Å²) < 4.78 is 35.8. The zero-order chi connectivity index (χ0) is 23.3. The van der Waals surface area contributed by atoms with Gasteiger partial charge in [-0.25, -0.2) is 0 Å². The molecule has 0 aliphatic heterocycles. The first kappa shape index (κ1) is 23.1. The van der Waals surface area contributed by atoms with Crippen molar-refractivity contribution in [2.24, 2.45) is 0 Å². The van der Waals surface area contributed by atoms with Gasteiger partial charge in [0, 0.05) is 25.2 Å². The molecule has 1 heterocycles. The van der Waals surface area contributed by atoms with Gasteiger partial charge in [-0.3, -0.25) is 9.59 Å². The van der Waals surface area contributed by atoms with Crippen LogP contribution in [0.5, 0.6) is 5.75 Å². The van der Waals surface area contributed by atoms with Crippen LogP contribution in [0.2, 0.25) is 0 Å². The van der Waals surface area contributed by atoms with Crippen molar-refractivity contribution in [3.8, 4) is 5.75 Å². The van der Waals surface area contributed by atoms with E-state index in [0.29, 0.717) is 11.3 Å². The van der Waals surface area contributed by atoms with Gasteiger partial charge in [0.05, 0.1) is 6.26 Å². The van der Waals surface area contributed by atoms with Crippen LogP contribution in [0.25, 0.3) is 0 Å². The van der Waals surface area contributed by atoms with Crippen molar-refractivity contribution in [2.45, 2.75) is 38.3 Å². The summed E-state index contributed by atoms with van der Waals surface area (Å²) in [4.78, 5) is 25.4. The minimum Gasteiger partial charge on any atom is -0.459 e. The van der Waals surface area contributed by atoms with E-state index in [1.807, 2.05) is 13.8 Å². The van der Waals surface area contributed by atoms with Crippen molar-refractivity contribution < 1.29 is 26.6 Å². The molecule has 2 aromatic carbocycles. The minimum atomic E-state index is -4.08. The summed E-state index contributed by atoms with van der Waals surface area (Å²) in [5.74, 6) is -0.156. The molecule has 0 saturated carbocycles. The Labute approximate surface area is 186 Å². The third kappa shape index (κ3) is 5.76. The Kier molecular flexibility index (Phi) is 6.99. The summed E-state index contributed by atoms with van der Waals surface area (Å²) in [5.41, 5.74) is 1.18. The van der Waals surface area contributed by atoms with E-state index in [1.54, 1.807) is 35.2 Å². The Balaban J connectivity index is 1.76. The predicted molar refractivity (Wildman–Crippen MR) is 119 cm³/mol. The standard InChI is InChI=1S/C23H24N2O6S/c1-16(2)25(23(27)22-8-5-13-30-22)15-18-6-4-7-20(14-18)31-32(28,29)21-11-9-19(10-12-21)24-17(3)26/h4-14,16H,15H2,1-3H3,(H,24,26). The van der Waals surface area contributed by atoms with Gasteiger partial charge in [-0.2, -0.15) is 8.42 Å². The van der Waals surface area contributed by atoms with Gasteiger partial charge in [-0.1, -0.05) is 12.1 Å². The van der Waals surface area contributed by atoms with Crippen molar-refractivity contribution >= 4 is 27.6 Å². The van der Waals surface area contributed by atoms with Gasteiger partial charge in [0.2, 0.25) is 5.91 Å². The van der Waals surface area contributed by atoms with Crippen LogP contribution in [0, 0.1) is 0 Å². The molecule has 0 unspecified atom stereocenters. The first-order chi connectivity index (χ1) is 15.2. The van der Waals surface area contributed by atoms with Crippen LogP contribution in [-0.2, 0) is 21.5 Å². The molecular weight excluding hydrogens is 432 g/mol. The first-order valence-corrected chi connectivity index (χ1v) is 11.3. The molecule has 0 radical (unpaired) electrons. The summed E-state index contributed by atoms with van der Waals surface area (Å²) in [6.45, 7) is 5.38. The number of rotatable bonds is 8. The van der Waals surface area contributed by atoms with Crippen LogP contribution >= 0.6 is 0 Å². The summed E-state index contributed by atoms with van der Waals surface area (Å²) >= 11 is 0. The molecule has 3 aromatic rings. The molecule has 1 N–H and O–H groups in total. The fourth-order valence-electron chi connectivity index (χ4n) is 3.01. The maximum atomic E-state index is 12.7. The lowest BCUT2D eigenvalue weighted by molar-refractivity contribution is -0.114. The number of amides is 2. The lowest BCUT2D eigenvalue weighted by Gasteiger charge is -2.26. The minimum absolute atomic E-state index is 0.0474. The van der Waals surface area contributed by atoms with E-state index in [4.69, 9.17) is 8.60 Å². The van der Waals surface area contributed by atoms with Crippen molar-refractivity contribution in [1.82, 2.24) is 4.90 Å². The first-order valence-electron chi connectivity index (χ1n) is 9.91. The van der Waals surface area contributed by atoms with Gasteiger partial charge >= 0.3 is 10.1 Å². The zero-order valence-corrected chi connectivity index (χ0v) is 18.8. The highest BCUT2D eigenvalue weighted by molar-refractivity contribution is 7.87. The molecule has 8 nitrogen and oxygen atoms in total. The molecule has 0 atom stereocenters. The van der Waals surface area contributed by atoms with Crippen molar-refractivity contribution in [1.29, 1.82) is 0 Å². The number of anilines is 1. The Morgan fingerprint density at radius 2 is 1.78 bits per heavy atom. The number of hydrogen-bond acceptors (Lipinski definition) is 6. The smallest absolute Gasteiger partial charge is 0.339 e. The second-order valence-corrected chi connectivity index (χ2v) is 8.94. The number of hydrogen-bond donors (Lipinski definition) is 1. The molecule has 0 fully saturated rings. The van der Waals surface area contributed by atoms with Crippen LogP contribution < -0.4 is 9.50 Å². The number of carbonyl (C=O) groups is 2. The number of benzene rings is 2. The molecule has 0 saturated heterocycles. The second kappa shape index (κ2) is 9.69. The zero-order valence-electron chi connectivity index (χ0n) is 17.9. The Hall–Kier alpha value is -3.59. The quantitative estimate of drug-likeness (QED) is 0.513. The van der Waals surface area contributed by atoms with Crippen molar-refractivity contribution in [3.05, 3.63) is 78.3 Å². The summed E-state index contributed by atoms with van der Waals surface area (Å²) in [7, 11) is -4.08. The van der Waals surface area contributed by atoms with Crippen molar-refractivity contribution in [2.75, 3.05) is 5.32 Å². The average molecular weight is 457 g/mol. The van der Waals surface area contributed by atoms with Gasteiger partial charge in [-0.05, 0) is 67.9 Å². The topological polar surface area (TPSA) is 106 Å². The molecule has 9 heteroatoms. The Bertz CT molecular complexity index is 1190. The normalized spacial score (nSPS) is 11.2. The molecular formula is C23H24N2O6S. The maximum Gasteiger partial charge on any atom is 0.339 e. The van der Waals surface area contributed by atoms with E-state index in [0.717, 1.165) is 0 Å². The fourth-order valence-corrected chi connectivity index (χ4v) is 3.93. The largest absolute Gasteiger partial charge is 0.459 e. The number of carbonyl (C=O) groups excluding carboxylic acids is 2. The molecule has 32 heavy (non-hydrogen) atoms. The molecule has 1 aromatic heterocycles. The predicted octanol–water partition coefficient (Wildman–Crippen LogP) is 4.06.